The molecule has 1 N–H and O–H groups in total. The summed E-state index contributed by atoms with van der Waals surface area (Å²) in [5.74, 6) is 0.0338. The lowest BCUT2D eigenvalue weighted by molar-refractivity contribution is 0.0787. The zero-order valence-corrected chi connectivity index (χ0v) is 15.9. The van der Waals surface area contributed by atoms with Gasteiger partial charge in [-0.2, -0.15) is 4.98 Å². The van der Waals surface area contributed by atoms with Crippen LogP contribution in [0.2, 0.25) is 0 Å². The van der Waals surface area contributed by atoms with Gasteiger partial charge < -0.3 is 14.7 Å². The smallest absolute Gasteiger partial charge is 0.278 e. The van der Waals surface area contributed by atoms with Gasteiger partial charge in [0.2, 0.25) is 0 Å². The number of hydrogen-bond donors (Lipinski definition) is 1. The topological polar surface area (TPSA) is 89.1 Å². The van der Waals surface area contributed by atoms with E-state index in [1.165, 1.54) is 17.0 Å². The third kappa shape index (κ3) is 3.41. The fraction of sp³-hybridized carbons (Fsp3) is 0.222. The van der Waals surface area contributed by atoms with Crippen molar-refractivity contribution in [3.05, 3.63) is 60.1 Å². The largest absolute Gasteiger partial charge is 0.336 e. The van der Waals surface area contributed by atoms with E-state index < -0.39 is 5.82 Å². The normalized spacial score (nSPS) is 12.8. The van der Waals surface area contributed by atoms with Crippen molar-refractivity contribution in [3.8, 4) is 17.3 Å². The number of carbonyl (C=O) groups excluding carboxylic acids is 1. The van der Waals surface area contributed by atoms with Crippen LogP contribution in [0.1, 0.15) is 21.9 Å². The number of nitrogens with zero attached hydrogens (tertiary/aromatic N) is 5. The van der Waals surface area contributed by atoms with E-state index in [4.69, 9.17) is 4.52 Å². The fourth-order valence-electron chi connectivity index (χ4n) is 3.01. The summed E-state index contributed by atoms with van der Waals surface area (Å²) in [5.41, 5.74) is 2.05. The molecule has 1 amide bonds. The molecule has 10 heteroatoms. The first-order valence-electron chi connectivity index (χ1n) is 8.34. The van der Waals surface area contributed by atoms with Gasteiger partial charge in [-0.1, -0.05) is 11.2 Å². The monoisotopic (exact) mass is 404 g/mol. The number of hydrogen-bond acceptors (Lipinski definition) is 6. The Hall–Kier alpha value is -3.04. The standard InChI is InChI=1S/C18H17FN6O2.ClH/c1-3-6-20-8-15-22-17(27-23-15)16-14-9-24(2)18(26)12-7-11(19)4-5-13(12)25(14)10-21-16;/h3-5,7,10,20H,1,6,8-9H2,2H3;1H. The second kappa shape index (κ2) is 7.91. The predicted octanol–water partition coefficient (Wildman–Crippen LogP) is 2.34. The molecule has 0 fully saturated rings. The summed E-state index contributed by atoms with van der Waals surface area (Å²) in [7, 11) is 1.65. The van der Waals surface area contributed by atoms with Gasteiger partial charge in [-0.05, 0) is 18.2 Å². The van der Waals surface area contributed by atoms with E-state index in [2.05, 4.69) is 27.0 Å². The highest BCUT2D eigenvalue weighted by molar-refractivity contribution is 5.98. The Morgan fingerprint density at radius 3 is 3.04 bits per heavy atom. The van der Waals surface area contributed by atoms with E-state index >= 15 is 0 Å². The van der Waals surface area contributed by atoms with Gasteiger partial charge in [0.15, 0.2) is 11.5 Å². The molecule has 8 nitrogen and oxygen atoms in total. The van der Waals surface area contributed by atoms with Crippen molar-refractivity contribution in [1.82, 2.24) is 29.9 Å². The van der Waals surface area contributed by atoms with Gasteiger partial charge in [0.25, 0.3) is 11.8 Å². The van der Waals surface area contributed by atoms with Crippen LogP contribution in [0, 0.1) is 5.82 Å². The minimum atomic E-state index is -0.465. The molecule has 1 aromatic carbocycles. The van der Waals surface area contributed by atoms with Gasteiger partial charge in [-0.3, -0.25) is 9.36 Å². The molecule has 1 aliphatic heterocycles. The third-order valence-electron chi connectivity index (χ3n) is 4.29. The quantitative estimate of drug-likeness (QED) is 0.518. The number of fused-ring (bicyclic) bond motifs is 3. The highest BCUT2D eigenvalue weighted by Crippen LogP contribution is 2.30. The highest BCUT2D eigenvalue weighted by Gasteiger charge is 2.28. The van der Waals surface area contributed by atoms with Crippen LogP contribution in [0.3, 0.4) is 0 Å². The number of rotatable bonds is 5. The summed E-state index contributed by atoms with van der Waals surface area (Å²) in [5, 5.41) is 7.04. The van der Waals surface area contributed by atoms with E-state index in [0.717, 1.165) is 0 Å². The van der Waals surface area contributed by atoms with Crippen LogP contribution >= 0.6 is 12.4 Å². The van der Waals surface area contributed by atoms with Gasteiger partial charge in [0, 0.05) is 13.6 Å². The van der Waals surface area contributed by atoms with Crippen molar-refractivity contribution in [3.63, 3.8) is 0 Å². The summed E-state index contributed by atoms with van der Waals surface area (Å²) in [6, 6.07) is 4.12. The van der Waals surface area contributed by atoms with E-state index in [0.29, 0.717) is 36.0 Å². The molecule has 4 rings (SSSR count). The highest BCUT2D eigenvalue weighted by atomic mass is 35.5. The molecule has 3 aromatic rings. The first-order valence-corrected chi connectivity index (χ1v) is 8.34. The zero-order chi connectivity index (χ0) is 19.0. The Bertz CT molecular complexity index is 1030. The van der Waals surface area contributed by atoms with Crippen LogP contribution in [0.5, 0.6) is 0 Å². The second-order valence-corrected chi connectivity index (χ2v) is 6.17. The average molecular weight is 405 g/mol. The Morgan fingerprint density at radius 2 is 2.25 bits per heavy atom. The molecule has 28 heavy (non-hydrogen) atoms. The van der Waals surface area contributed by atoms with Crippen LogP contribution in [0.15, 0.2) is 41.7 Å². The maximum Gasteiger partial charge on any atom is 0.278 e. The molecular formula is C18H18ClFN6O2. The Kier molecular flexibility index (Phi) is 5.57. The van der Waals surface area contributed by atoms with Crippen LogP contribution in [-0.2, 0) is 13.1 Å². The van der Waals surface area contributed by atoms with E-state index in [1.54, 1.807) is 30.1 Å². The van der Waals surface area contributed by atoms with Crippen molar-refractivity contribution in [1.29, 1.82) is 0 Å². The molecule has 0 unspecified atom stereocenters. The molecule has 0 spiro atoms. The summed E-state index contributed by atoms with van der Waals surface area (Å²) in [6.45, 7) is 4.98. The van der Waals surface area contributed by atoms with Crippen LogP contribution in [0.4, 0.5) is 4.39 Å². The molecule has 0 radical (unpaired) electrons. The van der Waals surface area contributed by atoms with Crippen LogP contribution in [0.25, 0.3) is 17.3 Å². The maximum atomic E-state index is 13.7. The number of carbonyl (C=O) groups is 1. The number of amides is 1. The molecule has 146 valence electrons. The molecule has 0 saturated heterocycles. The summed E-state index contributed by atoms with van der Waals surface area (Å²) >= 11 is 0. The van der Waals surface area contributed by atoms with Crippen LogP contribution in [-0.4, -0.2) is 44.1 Å². The lowest BCUT2D eigenvalue weighted by Gasteiger charge is -2.14. The molecule has 0 atom stereocenters. The number of nitrogens with one attached hydrogen (secondary N) is 1. The SMILES string of the molecule is C=CCNCc1noc(-c2ncn3c2CN(C)C(=O)c2cc(F)ccc2-3)n1.Cl. The van der Waals surface area contributed by atoms with Crippen molar-refractivity contribution in [2.24, 2.45) is 0 Å². The third-order valence-corrected chi connectivity index (χ3v) is 4.29. The molecule has 0 saturated carbocycles. The zero-order valence-electron chi connectivity index (χ0n) is 15.1. The molecule has 2 aromatic heterocycles. The summed E-state index contributed by atoms with van der Waals surface area (Å²) < 4.78 is 20.8. The van der Waals surface area contributed by atoms with Crippen molar-refractivity contribution >= 4 is 18.3 Å². The van der Waals surface area contributed by atoms with E-state index in [9.17, 15) is 9.18 Å². The summed E-state index contributed by atoms with van der Waals surface area (Å²) in [4.78, 5) is 22.9. The van der Waals surface area contributed by atoms with Crippen LogP contribution < -0.4 is 5.32 Å². The molecular weight excluding hydrogens is 387 g/mol. The number of benzene rings is 1. The maximum absolute atomic E-state index is 13.7. The fourth-order valence-corrected chi connectivity index (χ4v) is 3.01. The van der Waals surface area contributed by atoms with Crippen molar-refractivity contribution < 1.29 is 13.7 Å². The molecule has 0 aliphatic carbocycles. The molecule has 0 bridgehead atoms. The van der Waals surface area contributed by atoms with E-state index in [-0.39, 0.29) is 36.3 Å². The minimum Gasteiger partial charge on any atom is -0.336 e. The number of halogens is 2. The average Bonchev–Trinajstić information content (AvgIpc) is 3.26. The van der Waals surface area contributed by atoms with Gasteiger partial charge in [-0.15, -0.1) is 19.0 Å². The first-order chi connectivity index (χ1) is 13.1. The number of imidazole rings is 1. The Morgan fingerprint density at radius 1 is 1.43 bits per heavy atom. The number of aromatic nitrogens is 4. The molecule has 1 aliphatic rings. The minimum absolute atomic E-state index is 0. The molecule has 3 heterocycles. The van der Waals surface area contributed by atoms with Gasteiger partial charge in [-0.25, -0.2) is 9.37 Å². The second-order valence-electron chi connectivity index (χ2n) is 6.17. The van der Waals surface area contributed by atoms with Crippen molar-refractivity contribution in [2.45, 2.75) is 13.1 Å². The van der Waals surface area contributed by atoms with Gasteiger partial charge in [0.1, 0.15) is 12.1 Å². The van der Waals surface area contributed by atoms with Gasteiger partial charge in [0.05, 0.1) is 30.0 Å². The summed E-state index contributed by atoms with van der Waals surface area (Å²) in [6.07, 6.45) is 3.32. The predicted molar refractivity (Wildman–Crippen MR) is 102 cm³/mol. The van der Waals surface area contributed by atoms with E-state index in [1.807, 2.05) is 0 Å². The van der Waals surface area contributed by atoms with Crippen molar-refractivity contribution in [2.75, 3.05) is 13.6 Å². The lowest BCUT2D eigenvalue weighted by Crippen LogP contribution is -2.25. The lowest BCUT2D eigenvalue weighted by atomic mass is 10.1. The first kappa shape index (κ1) is 19.7. The Labute approximate surface area is 166 Å². The van der Waals surface area contributed by atoms with Gasteiger partial charge >= 0.3 is 0 Å². The Balaban J connectivity index is 0.00000225.